The normalized spacial score (nSPS) is 13.3. The molecular formula is C18H24N6O2. The van der Waals surface area contributed by atoms with Crippen molar-refractivity contribution in [2.45, 2.75) is 39.7 Å². The van der Waals surface area contributed by atoms with Crippen LogP contribution in [0.5, 0.6) is 0 Å². The van der Waals surface area contributed by atoms with E-state index < -0.39 is 0 Å². The van der Waals surface area contributed by atoms with E-state index in [9.17, 15) is 9.59 Å². The maximum atomic E-state index is 12.2. The van der Waals surface area contributed by atoms with Crippen LogP contribution in [0.2, 0.25) is 0 Å². The van der Waals surface area contributed by atoms with Gasteiger partial charge in [-0.1, -0.05) is 5.21 Å². The molecule has 3 rings (SSSR count). The van der Waals surface area contributed by atoms with Crippen molar-refractivity contribution in [1.29, 1.82) is 0 Å². The number of nitrogens with zero attached hydrogens (tertiary/aromatic N) is 4. The van der Waals surface area contributed by atoms with Crippen LogP contribution in [0.3, 0.4) is 0 Å². The average Bonchev–Trinajstić information content (AvgIpc) is 3.36. The van der Waals surface area contributed by atoms with Crippen molar-refractivity contribution < 1.29 is 9.59 Å². The van der Waals surface area contributed by atoms with Crippen molar-refractivity contribution in [3.05, 3.63) is 35.7 Å². The van der Waals surface area contributed by atoms with E-state index in [-0.39, 0.29) is 18.0 Å². The molecule has 1 aliphatic rings. The lowest BCUT2D eigenvalue weighted by atomic mass is 10.2. The van der Waals surface area contributed by atoms with Crippen LogP contribution in [0, 0.1) is 6.92 Å². The van der Waals surface area contributed by atoms with E-state index >= 15 is 0 Å². The van der Waals surface area contributed by atoms with Crippen molar-refractivity contribution in [3.8, 4) is 5.69 Å². The number of carbonyl (C=O) groups is 2. The van der Waals surface area contributed by atoms with Gasteiger partial charge in [-0.15, -0.1) is 5.10 Å². The van der Waals surface area contributed by atoms with Gasteiger partial charge in [-0.2, -0.15) is 0 Å². The number of hydrogen-bond donors (Lipinski definition) is 2. The molecule has 8 heteroatoms. The van der Waals surface area contributed by atoms with Crippen LogP contribution in [-0.2, 0) is 0 Å². The second kappa shape index (κ2) is 7.55. The van der Waals surface area contributed by atoms with E-state index in [0.717, 1.165) is 18.5 Å². The number of anilines is 1. The highest BCUT2D eigenvalue weighted by molar-refractivity contribution is 5.93. The number of aromatic nitrogens is 3. The molecule has 1 heterocycles. The number of nitrogens with one attached hydrogen (secondary N) is 2. The molecule has 26 heavy (non-hydrogen) atoms. The Labute approximate surface area is 152 Å². The lowest BCUT2D eigenvalue weighted by molar-refractivity contribution is 0.0945. The Morgan fingerprint density at radius 1 is 1.19 bits per heavy atom. The van der Waals surface area contributed by atoms with E-state index in [1.165, 1.54) is 0 Å². The molecule has 0 radical (unpaired) electrons. The second-order valence-corrected chi connectivity index (χ2v) is 6.33. The van der Waals surface area contributed by atoms with Crippen molar-refractivity contribution >= 4 is 17.6 Å². The van der Waals surface area contributed by atoms with Crippen LogP contribution in [-0.4, -0.2) is 51.0 Å². The summed E-state index contributed by atoms with van der Waals surface area (Å²) in [6.45, 7) is 7.01. The van der Waals surface area contributed by atoms with E-state index in [1.807, 2.05) is 45.0 Å². The molecule has 1 fully saturated rings. The van der Waals surface area contributed by atoms with Gasteiger partial charge in [0.2, 0.25) is 0 Å². The molecule has 1 aliphatic carbocycles. The zero-order valence-corrected chi connectivity index (χ0v) is 15.3. The molecule has 1 aromatic carbocycles. The predicted molar refractivity (Wildman–Crippen MR) is 98.5 cm³/mol. The van der Waals surface area contributed by atoms with Gasteiger partial charge in [0.25, 0.3) is 5.91 Å². The molecular weight excluding hydrogens is 332 g/mol. The van der Waals surface area contributed by atoms with Gasteiger partial charge in [-0.3, -0.25) is 4.79 Å². The largest absolute Gasteiger partial charge is 0.348 e. The van der Waals surface area contributed by atoms with Crippen LogP contribution in [0.15, 0.2) is 24.3 Å². The van der Waals surface area contributed by atoms with Crippen molar-refractivity contribution in [2.75, 3.05) is 18.4 Å². The predicted octanol–water partition coefficient (Wildman–Crippen LogP) is 2.34. The Hall–Kier alpha value is -2.90. The first kappa shape index (κ1) is 17.9. The Morgan fingerprint density at radius 2 is 1.85 bits per heavy atom. The monoisotopic (exact) mass is 356 g/mol. The highest BCUT2D eigenvalue weighted by Crippen LogP contribution is 2.20. The summed E-state index contributed by atoms with van der Waals surface area (Å²) in [6.07, 6.45) is 2.05. The minimum Gasteiger partial charge on any atom is -0.348 e. The van der Waals surface area contributed by atoms with E-state index in [2.05, 4.69) is 20.9 Å². The van der Waals surface area contributed by atoms with Crippen LogP contribution < -0.4 is 10.6 Å². The van der Waals surface area contributed by atoms with Crippen LogP contribution in [0.25, 0.3) is 5.69 Å². The van der Waals surface area contributed by atoms with Gasteiger partial charge < -0.3 is 15.5 Å². The average molecular weight is 356 g/mol. The molecule has 2 aromatic rings. The molecule has 0 atom stereocenters. The first-order valence-electron chi connectivity index (χ1n) is 8.93. The summed E-state index contributed by atoms with van der Waals surface area (Å²) in [7, 11) is 0. The van der Waals surface area contributed by atoms with Gasteiger partial charge in [0.15, 0.2) is 5.69 Å². The topological polar surface area (TPSA) is 92.2 Å². The summed E-state index contributed by atoms with van der Waals surface area (Å²) in [5.74, 6) is -0.181. The molecule has 0 bridgehead atoms. The molecule has 1 saturated carbocycles. The minimum atomic E-state index is -0.181. The van der Waals surface area contributed by atoms with Crippen molar-refractivity contribution in [3.63, 3.8) is 0 Å². The summed E-state index contributed by atoms with van der Waals surface area (Å²) in [4.78, 5) is 26.0. The van der Waals surface area contributed by atoms with Gasteiger partial charge in [-0.25, -0.2) is 9.48 Å². The first-order valence-corrected chi connectivity index (χ1v) is 8.93. The molecule has 0 saturated heterocycles. The zero-order chi connectivity index (χ0) is 18.7. The summed E-state index contributed by atoms with van der Waals surface area (Å²) >= 11 is 0. The Morgan fingerprint density at radius 3 is 2.42 bits per heavy atom. The fraction of sp³-hybridized carbons (Fsp3) is 0.444. The summed E-state index contributed by atoms with van der Waals surface area (Å²) in [5.41, 5.74) is 2.51. The molecule has 2 N–H and O–H groups in total. The molecule has 8 nitrogen and oxygen atoms in total. The zero-order valence-electron chi connectivity index (χ0n) is 15.3. The second-order valence-electron chi connectivity index (χ2n) is 6.33. The summed E-state index contributed by atoms with van der Waals surface area (Å²) < 4.78 is 1.62. The quantitative estimate of drug-likeness (QED) is 0.831. The highest BCUT2D eigenvalue weighted by atomic mass is 16.2. The van der Waals surface area contributed by atoms with Crippen molar-refractivity contribution in [1.82, 2.24) is 25.2 Å². The molecule has 3 amide bonds. The van der Waals surface area contributed by atoms with Crippen LogP contribution in [0.1, 0.15) is 42.9 Å². The van der Waals surface area contributed by atoms with Gasteiger partial charge in [-0.05, 0) is 57.9 Å². The number of carbonyl (C=O) groups excluding carboxylic acids is 2. The van der Waals surface area contributed by atoms with Crippen LogP contribution in [0.4, 0.5) is 10.5 Å². The third kappa shape index (κ3) is 3.84. The first-order chi connectivity index (χ1) is 12.5. The lowest BCUT2D eigenvalue weighted by Gasteiger charge is -2.19. The molecule has 0 unspecified atom stereocenters. The van der Waals surface area contributed by atoms with Gasteiger partial charge in [0.1, 0.15) is 0 Å². The number of rotatable bonds is 6. The summed E-state index contributed by atoms with van der Waals surface area (Å²) in [5, 5.41) is 13.9. The maximum Gasteiger partial charge on any atom is 0.321 e. The molecule has 0 spiro atoms. The standard InChI is InChI=1S/C18H24N6O2/c1-4-23(5-2)18(26)20-14-8-10-15(11-9-14)24-12(3)16(21-22-24)17(25)19-13-6-7-13/h8-11,13H,4-7H2,1-3H3,(H,19,25)(H,20,26). The van der Waals surface area contributed by atoms with Gasteiger partial charge in [0, 0.05) is 24.8 Å². The smallest absolute Gasteiger partial charge is 0.321 e. The fourth-order valence-electron chi connectivity index (χ4n) is 2.66. The molecule has 1 aromatic heterocycles. The summed E-state index contributed by atoms with van der Waals surface area (Å²) in [6, 6.07) is 7.44. The fourth-order valence-corrected chi connectivity index (χ4v) is 2.66. The number of amides is 3. The Balaban J connectivity index is 1.71. The van der Waals surface area contributed by atoms with Gasteiger partial charge in [0.05, 0.1) is 11.4 Å². The lowest BCUT2D eigenvalue weighted by Crippen LogP contribution is -2.34. The van der Waals surface area contributed by atoms with E-state index in [0.29, 0.717) is 30.2 Å². The van der Waals surface area contributed by atoms with E-state index in [4.69, 9.17) is 0 Å². The number of benzene rings is 1. The molecule has 138 valence electrons. The van der Waals surface area contributed by atoms with Crippen molar-refractivity contribution in [2.24, 2.45) is 0 Å². The molecule has 0 aliphatic heterocycles. The third-order valence-corrected chi connectivity index (χ3v) is 4.44. The minimum absolute atomic E-state index is 0.126. The number of hydrogen-bond acceptors (Lipinski definition) is 4. The number of urea groups is 1. The Kier molecular flexibility index (Phi) is 5.20. The van der Waals surface area contributed by atoms with Crippen LogP contribution >= 0.6 is 0 Å². The highest BCUT2D eigenvalue weighted by Gasteiger charge is 2.26. The SMILES string of the molecule is CCN(CC)C(=O)Nc1ccc(-n2nnc(C(=O)NC3CC3)c2C)cc1. The maximum absolute atomic E-state index is 12.2. The van der Waals surface area contributed by atoms with Gasteiger partial charge >= 0.3 is 6.03 Å². The Bertz CT molecular complexity index is 791. The van der Waals surface area contributed by atoms with E-state index in [1.54, 1.807) is 9.58 Å². The third-order valence-electron chi connectivity index (χ3n) is 4.44.